The van der Waals surface area contributed by atoms with Crippen LogP contribution in [0, 0.1) is 6.92 Å². The molecule has 3 rings (SSSR count). The molecule has 0 radical (unpaired) electrons. The molecule has 3 aromatic rings. The Morgan fingerprint density at radius 2 is 2.04 bits per heavy atom. The lowest BCUT2D eigenvalue weighted by molar-refractivity contribution is -0.113. The van der Waals surface area contributed by atoms with Gasteiger partial charge in [-0.2, -0.15) is 0 Å². The van der Waals surface area contributed by atoms with E-state index < -0.39 is 0 Å². The van der Waals surface area contributed by atoms with Crippen LogP contribution in [0.5, 0.6) is 0 Å². The van der Waals surface area contributed by atoms with Crippen LogP contribution in [0.3, 0.4) is 0 Å². The van der Waals surface area contributed by atoms with Crippen molar-refractivity contribution in [2.24, 2.45) is 0 Å². The normalized spacial score (nSPS) is 10.6. The number of aromatic nitrogens is 2. The van der Waals surface area contributed by atoms with Crippen molar-refractivity contribution in [1.82, 2.24) is 9.97 Å². The van der Waals surface area contributed by atoms with E-state index in [1.165, 1.54) is 6.33 Å². The number of amides is 1. The number of hydrogen-bond acceptors (Lipinski definition) is 4. The Morgan fingerprint density at radius 1 is 1.21 bits per heavy atom. The van der Waals surface area contributed by atoms with Crippen molar-refractivity contribution in [2.45, 2.75) is 6.92 Å². The van der Waals surface area contributed by atoms with E-state index in [0.717, 1.165) is 16.6 Å². The van der Waals surface area contributed by atoms with E-state index >= 15 is 0 Å². The Hall–Kier alpha value is -2.37. The molecule has 24 heavy (non-hydrogen) atoms. The van der Waals surface area contributed by atoms with Crippen LogP contribution in [-0.2, 0) is 4.79 Å². The third kappa shape index (κ3) is 3.58. The minimum atomic E-state index is -0.331. The van der Waals surface area contributed by atoms with Gasteiger partial charge in [0, 0.05) is 11.1 Å². The van der Waals surface area contributed by atoms with Gasteiger partial charge < -0.3 is 10.6 Å². The van der Waals surface area contributed by atoms with Gasteiger partial charge in [-0.3, -0.25) is 4.79 Å². The molecule has 0 aliphatic carbocycles. The zero-order chi connectivity index (χ0) is 17.1. The molecular weight excluding hydrogens is 347 g/mol. The summed E-state index contributed by atoms with van der Waals surface area (Å²) in [5, 5.41) is 7.07. The highest BCUT2D eigenvalue weighted by Crippen LogP contribution is 2.31. The van der Waals surface area contributed by atoms with Crippen molar-refractivity contribution in [2.75, 3.05) is 16.5 Å². The Kier molecular flexibility index (Phi) is 4.83. The summed E-state index contributed by atoms with van der Waals surface area (Å²) < 4.78 is 0. The molecule has 1 aromatic heterocycles. The molecular formula is C17H14Cl2N4O. The van der Waals surface area contributed by atoms with E-state index in [2.05, 4.69) is 20.6 Å². The molecule has 0 unspecified atom stereocenters. The van der Waals surface area contributed by atoms with Crippen LogP contribution in [0.25, 0.3) is 10.9 Å². The number of aryl methyl sites for hydroxylation is 1. The summed E-state index contributed by atoms with van der Waals surface area (Å²) in [6.07, 6.45) is 1.47. The van der Waals surface area contributed by atoms with Crippen LogP contribution in [-0.4, -0.2) is 21.8 Å². The zero-order valence-electron chi connectivity index (χ0n) is 12.8. The van der Waals surface area contributed by atoms with Crippen LogP contribution in [0.4, 0.5) is 17.2 Å². The molecule has 1 heterocycles. The first-order valence-corrected chi connectivity index (χ1v) is 8.12. The number of carbonyl (C=O) groups excluding carboxylic acids is 1. The van der Waals surface area contributed by atoms with E-state index in [1.807, 2.05) is 31.2 Å². The molecule has 0 saturated carbocycles. The van der Waals surface area contributed by atoms with Gasteiger partial charge in [0.2, 0.25) is 5.91 Å². The monoisotopic (exact) mass is 360 g/mol. The van der Waals surface area contributed by atoms with Crippen LogP contribution >= 0.6 is 23.2 Å². The van der Waals surface area contributed by atoms with Crippen molar-refractivity contribution < 1.29 is 4.79 Å². The lowest BCUT2D eigenvalue weighted by Gasteiger charge is -2.12. The minimum absolute atomic E-state index is 0.145. The second-order valence-corrected chi connectivity index (χ2v) is 5.92. The SMILES string of the molecule is Cc1cccc(Nc2ncnc3cc(Cl)c(NC(=O)CCl)cc23)c1. The number of hydrogen-bond donors (Lipinski definition) is 2. The number of alkyl halides is 1. The first-order valence-electron chi connectivity index (χ1n) is 7.20. The molecule has 2 aromatic carbocycles. The topological polar surface area (TPSA) is 66.9 Å². The van der Waals surface area contributed by atoms with E-state index in [0.29, 0.717) is 22.0 Å². The molecule has 0 spiro atoms. The fourth-order valence-electron chi connectivity index (χ4n) is 2.32. The fourth-order valence-corrected chi connectivity index (χ4v) is 2.59. The van der Waals surface area contributed by atoms with Crippen molar-refractivity contribution in [3.63, 3.8) is 0 Å². The predicted molar refractivity (Wildman–Crippen MR) is 98.4 cm³/mol. The van der Waals surface area contributed by atoms with Gasteiger partial charge in [-0.05, 0) is 36.8 Å². The number of carbonyl (C=O) groups is 1. The first kappa shape index (κ1) is 16.5. The van der Waals surface area contributed by atoms with E-state index in [-0.39, 0.29) is 11.8 Å². The quantitative estimate of drug-likeness (QED) is 0.671. The predicted octanol–water partition coefficient (Wildman–Crippen LogP) is 4.51. The summed E-state index contributed by atoms with van der Waals surface area (Å²) >= 11 is 11.7. The van der Waals surface area contributed by atoms with Crippen molar-refractivity contribution in [3.05, 3.63) is 53.3 Å². The van der Waals surface area contributed by atoms with E-state index in [1.54, 1.807) is 12.1 Å². The van der Waals surface area contributed by atoms with Gasteiger partial charge in [0.05, 0.1) is 16.2 Å². The minimum Gasteiger partial charge on any atom is -0.340 e. The maximum Gasteiger partial charge on any atom is 0.239 e. The van der Waals surface area contributed by atoms with Crippen molar-refractivity contribution in [1.29, 1.82) is 0 Å². The third-order valence-corrected chi connectivity index (χ3v) is 3.96. The molecule has 2 N–H and O–H groups in total. The molecule has 5 nitrogen and oxygen atoms in total. The van der Waals surface area contributed by atoms with E-state index in [9.17, 15) is 4.79 Å². The van der Waals surface area contributed by atoms with Crippen LogP contribution in [0.2, 0.25) is 5.02 Å². The zero-order valence-corrected chi connectivity index (χ0v) is 14.3. The number of halogens is 2. The smallest absolute Gasteiger partial charge is 0.239 e. The number of nitrogens with zero attached hydrogens (tertiary/aromatic N) is 2. The first-order chi connectivity index (χ1) is 11.6. The maximum absolute atomic E-state index is 11.5. The van der Waals surface area contributed by atoms with Gasteiger partial charge in [-0.15, -0.1) is 11.6 Å². The standard InChI is InChI=1S/C17H14Cl2N4O/c1-10-3-2-4-11(5-10)22-17-12-6-15(23-16(24)8-18)13(19)7-14(12)20-9-21-17/h2-7,9H,8H2,1H3,(H,23,24)(H,20,21,22). The van der Waals surface area contributed by atoms with Crippen LogP contribution in [0.15, 0.2) is 42.7 Å². The van der Waals surface area contributed by atoms with Gasteiger partial charge >= 0.3 is 0 Å². The summed E-state index contributed by atoms with van der Waals surface area (Å²) in [5.41, 5.74) is 3.19. The molecule has 0 saturated heterocycles. The lowest BCUT2D eigenvalue weighted by atomic mass is 10.2. The van der Waals surface area contributed by atoms with Crippen molar-refractivity contribution in [3.8, 4) is 0 Å². The molecule has 7 heteroatoms. The Morgan fingerprint density at radius 3 is 2.79 bits per heavy atom. The highest BCUT2D eigenvalue weighted by molar-refractivity contribution is 6.35. The molecule has 122 valence electrons. The fraction of sp³-hybridized carbons (Fsp3) is 0.118. The summed E-state index contributed by atoms with van der Waals surface area (Å²) in [6.45, 7) is 2.02. The van der Waals surface area contributed by atoms with Crippen LogP contribution < -0.4 is 10.6 Å². The molecule has 0 aliphatic heterocycles. The lowest BCUT2D eigenvalue weighted by Crippen LogP contribution is -2.13. The molecule has 0 aliphatic rings. The molecule has 0 bridgehead atoms. The maximum atomic E-state index is 11.5. The number of benzene rings is 2. The Balaban J connectivity index is 2.04. The third-order valence-electron chi connectivity index (χ3n) is 3.40. The molecule has 0 atom stereocenters. The summed E-state index contributed by atoms with van der Waals surface area (Å²) in [5.74, 6) is 0.153. The molecule has 1 amide bonds. The van der Waals surface area contributed by atoms with Gasteiger partial charge in [-0.25, -0.2) is 9.97 Å². The van der Waals surface area contributed by atoms with Gasteiger partial charge in [0.15, 0.2) is 0 Å². The summed E-state index contributed by atoms with van der Waals surface area (Å²) in [6, 6.07) is 11.4. The Labute approximate surface area is 149 Å². The second-order valence-electron chi connectivity index (χ2n) is 5.25. The van der Waals surface area contributed by atoms with Gasteiger partial charge in [0.25, 0.3) is 0 Å². The highest BCUT2D eigenvalue weighted by atomic mass is 35.5. The number of anilines is 3. The average Bonchev–Trinajstić information content (AvgIpc) is 2.56. The summed E-state index contributed by atoms with van der Waals surface area (Å²) in [4.78, 5) is 20.1. The largest absolute Gasteiger partial charge is 0.340 e. The highest BCUT2D eigenvalue weighted by Gasteiger charge is 2.11. The summed E-state index contributed by atoms with van der Waals surface area (Å²) in [7, 11) is 0. The Bertz CT molecular complexity index is 914. The number of fused-ring (bicyclic) bond motifs is 1. The molecule has 0 fully saturated rings. The number of nitrogens with one attached hydrogen (secondary N) is 2. The van der Waals surface area contributed by atoms with Gasteiger partial charge in [-0.1, -0.05) is 23.7 Å². The number of rotatable bonds is 4. The van der Waals surface area contributed by atoms with Crippen molar-refractivity contribution >= 4 is 57.2 Å². The van der Waals surface area contributed by atoms with E-state index in [4.69, 9.17) is 23.2 Å². The van der Waals surface area contributed by atoms with Gasteiger partial charge in [0.1, 0.15) is 18.0 Å². The average molecular weight is 361 g/mol. The van der Waals surface area contributed by atoms with Crippen LogP contribution in [0.1, 0.15) is 5.56 Å². The second kappa shape index (κ2) is 7.03.